The number of aryl methyl sites for hydroxylation is 1. The van der Waals surface area contributed by atoms with E-state index in [0.29, 0.717) is 0 Å². The maximum absolute atomic E-state index is 5.84. The van der Waals surface area contributed by atoms with Crippen molar-refractivity contribution in [3.63, 3.8) is 0 Å². The van der Waals surface area contributed by atoms with Gasteiger partial charge in [-0.2, -0.15) is 12.6 Å². The van der Waals surface area contributed by atoms with Crippen LogP contribution in [0.15, 0.2) is 18.2 Å². The highest BCUT2D eigenvalue weighted by atomic mass is 35.5. The third-order valence-corrected chi connectivity index (χ3v) is 2.50. The first kappa shape index (κ1) is 11.7. The number of halogens is 1. The molecular weight excluding hydrogens is 216 g/mol. The predicted molar refractivity (Wildman–Crippen MR) is 64.8 cm³/mol. The Balaban J connectivity index is 2.42. The summed E-state index contributed by atoms with van der Waals surface area (Å²) in [6, 6.07) is 5.68. The predicted octanol–water partition coefficient (Wildman–Crippen LogP) is 3.74. The number of ether oxygens (including phenoxy) is 1. The lowest BCUT2D eigenvalue weighted by molar-refractivity contribution is 0.308. The van der Waals surface area contributed by atoms with Crippen LogP contribution in [-0.2, 0) is 0 Å². The van der Waals surface area contributed by atoms with Gasteiger partial charge in [-0.05, 0) is 49.3 Å². The molecule has 0 spiro atoms. The van der Waals surface area contributed by atoms with Gasteiger partial charge in [0, 0.05) is 5.02 Å². The molecule has 0 saturated heterocycles. The molecule has 0 aliphatic heterocycles. The molecule has 0 unspecified atom stereocenters. The van der Waals surface area contributed by atoms with Crippen molar-refractivity contribution in [2.45, 2.75) is 19.8 Å². The normalized spacial score (nSPS) is 10.2. The first-order valence-corrected chi connectivity index (χ1v) is 5.75. The Morgan fingerprint density at radius 2 is 2.14 bits per heavy atom. The van der Waals surface area contributed by atoms with Gasteiger partial charge >= 0.3 is 0 Å². The molecule has 1 aromatic carbocycles. The van der Waals surface area contributed by atoms with Crippen molar-refractivity contribution in [1.29, 1.82) is 0 Å². The molecule has 0 heterocycles. The largest absolute Gasteiger partial charge is 0.493 e. The second-order valence-corrected chi connectivity index (χ2v) is 4.07. The van der Waals surface area contributed by atoms with Gasteiger partial charge in [0.15, 0.2) is 0 Å². The number of rotatable bonds is 5. The minimum atomic E-state index is 0.753. The van der Waals surface area contributed by atoms with E-state index < -0.39 is 0 Å². The lowest BCUT2D eigenvalue weighted by atomic mass is 10.2. The van der Waals surface area contributed by atoms with Crippen molar-refractivity contribution in [1.82, 2.24) is 0 Å². The Morgan fingerprint density at radius 1 is 1.36 bits per heavy atom. The van der Waals surface area contributed by atoms with Crippen LogP contribution in [0.2, 0.25) is 5.02 Å². The van der Waals surface area contributed by atoms with Crippen LogP contribution in [0.3, 0.4) is 0 Å². The lowest BCUT2D eigenvalue weighted by Crippen LogP contribution is -1.98. The quantitative estimate of drug-likeness (QED) is 0.599. The summed E-state index contributed by atoms with van der Waals surface area (Å²) >= 11 is 9.98. The monoisotopic (exact) mass is 230 g/mol. The molecule has 3 heteroatoms. The molecule has 1 aromatic rings. The molecule has 0 aromatic heterocycles. The van der Waals surface area contributed by atoms with Crippen LogP contribution in [-0.4, -0.2) is 12.4 Å². The van der Waals surface area contributed by atoms with Gasteiger partial charge in [-0.25, -0.2) is 0 Å². The molecular formula is C11H15ClOS. The maximum Gasteiger partial charge on any atom is 0.122 e. The summed E-state index contributed by atoms with van der Waals surface area (Å²) in [6.45, 7) is 2.75. The van der Waals surface area contributed by atoms with Crippen molar-refractivity contribution in [3.05, 3.63) is 28.8 Å². The van der Waals surface area contributed by atoms with E-state index in [9.17, 15) is 0 Å². The number of thiol groups is 1. The second kappa shape index (κ2) is 6.20. The van der Waals surface area contributed by atoms with Gasteiger partial charge in [-0.1, -0.05) is 11.6 Å². The van der Waals surface area contributed by atoms with E-state index in [2.05, 4.69) is 12.6 Å². The summed E-state index contributed by atoms with van der Waals surface area (Å²) < 4.78 is 5.60. The minimum Gasteiger partial charge on any atom is -0.493 e. The number of benzene rings is 1. The Hall–Kier alpha value is -0.340. The van der Waals surface area contributed by atoms with Crippen LogP contribution in [0, 0.1) is 6.92 Å². The standard InChI is InChI=1S/C11H15ClOS/c1-9-8-10(12)4-5-11(9)13-6-2-3-7-14/h4-5,8,14H,2-3,6-7H2,1H3. The van der Waals surface area contributed by atoms with Crippen molar-refractivity contribution in [2.24, 2.45) is 0 Å². The topological polar surface area (TPSA) is 9.23 Å². The average molecular weight is 231 g/mol. The van der Waals surface area contributed by atoms with Gasteiger partial charge in [0.2, 0.25) is 0 Å². The van der Waals surface area contributed by atoms with E-state index in [4.69, 9.17) is 16.3 Å². The molecule has 0 atom stereocenters. The van der Waals surface area contributed by atoms with Crippen LogP contribution in [0.25, 0.3) is 0 Å². The zero-order valence-corrected chi connectivity index (χ0v) is 9.94. The molecule has 14 heavy (non-hydrogen) atoms. The van der Waals surface area contributed by atoms with E-state index in [1.165, 1.54) is 0 Å². The molecule has 0 N–H and O–H groups in total. The number of hydrogen-bond acceptors (Lipinski definition) is 2. The Kier molecular flexibility index (Phi) is 5.20. The maximum atomic E-state index is 5.84. The van der Waals surface area contributed by atoms with Crippen LogP contribution < -0.4 is 4.74 Å². The fourth-order valence-electron chi connectivity index (χ4n) is 1.17. The zero-order valence-electron chi connectivity index (χ0n) is 8.29. The average Bonchev–Trinajstić information content (AvgIpc) is 2.15. The molecule has 0 radical (unpaired) electrons. The summed E-state index contributed by atoms with van der Waals surface area (Å²) in [4.78, 5) is 0. The minimum absolute atomic E-state index is 0.753. The SMILES string of the molecule is Cc1cc(Cl)ccc1OCCCCS. The van der Waals surface area contributed by atoms with E-state index >= 15 is 0 Å². The van der Waals surface area contributed by atoms with Crippen LogP contribution in [0.4, 0.5) is 0 Å². The third-order valence-electron chi connectivity index (χ3n) is 1.95. The first-order valence-electron chi connectivity index (χ1n) is 4.74. The summed E-state index contributed by atoms with van der Waals surface area (Å²) in [5, 5.41) is 0.755. The summed E-state index contributed by atoms with van der Waals surface area (Å²) in [5.41, 5.74) is 1.09. The van der Waals surface area contributed by atoms with Gasteiger partial charge in [0.1, 0.15) is 5.75 Å². The number of unbranched alkanes of at least 4 members (excludes halogenated alkanes) is 1. The van der Waals surface area contributed by atoms with Crippen molar-refractivity contribution >= 4 is 24.2 Å². The summed E-state index contributed by atoms with van der Waals surface area (Å²) in [6.07, 6.45) is 2.14. The number of hydrogen-bond donors (Lipinski definition) is 1. The van der Waals surface area contributed by atoms with Crippen molar-refractivity contribution in [3.8, 4) is 5.75 Å². The van der Waals surface area contributed by atoms with Crippen molar-refractivity contribution in [2.75, 3.05) is 12.4 Å². The van der Waals surface area contributed by atoms with Gasteiger partial charge in [0.25, 0.3) is 0 Å². The Morgan fingerprint density at radius 3 is 2.79 bits per heavy atom. The fourth-order valence-corrected chi connectivity index (χ4v) is 1.62. The zero-order chi connectivity index (χ0) is 10.4. The molecule has 0 bridgehead atoms. The first-order chi connectivity index (χ1) is 6.74. The smallest absolute Gasteiger partial charge is 0.122 e. The highest BCUT2D eigenvalue weighted by Gasteiger charge is 1.99. The van der Waals surface area contributed by atoms with Crippen LogP contribution >= 0.6 is 24.2 Å². The third kappa shape index (κ3) is 3.81. The van der Waals surface area contributed by atoms with Crippen molar-refractivity contribution < 1.29 is 4.74 Å². The lowest BCUT2D eigenvalue weighted by Gasteiger charge is -2.08. The highest BCUT2D eigenvalue weighted by molar-refractivity contribution is 7.80. The van der Waals surface area contributed by atoms with E-state index in [0.717, 1.165) is 41.5 Å². The van der Waals surface area contributed by atoms with Gasteiger partial charge in [0.05, 0.1) is 6.61 Å². The molecule has 0 aliphatic rings. The van der Waals surface area contributed by atoms with Gasteiger partial charge in [-0.3, -0.25) is 0 Å². The fraction of sp³-hybridized carbons (Fsp3) is 0.455. The molecule has 0 saturated carbocycles. The van der Waals surface area contributed by atoms with E-state index in [-0.39, 0.29) is 0 Å². The Bertz CT molecular complexity index is 289. The van der Waals surface area contributed by atoms with E-state index in [1.54, 1.807) is 0 Å². The highest BCUT2D eigenvalue weighted by Crippen LogP contribution is 2.21. The molecule has 0 fully saturated rings. The second-order valence-electron chi connectivity index (χ2n) is 3.19. The van der Waals surface area contributed by atoms with Crippen LogP contribution in [0.5, 0.6) is 5.75 Å². The van der Waals surface area contributed by atoms with E-state index in [1.807, 2.05) is 25.1 Å². The van der Waals surface area contributed by atoms with Gasteiger partial charge < -0.3 is 4.74 Å². The molecule has 1 nitrogen and oxygen atoms in total. The molecule has 1 rings (SSSR count). The molecule has 78 valence electrons. The molecule has 0 aliphatic carbocycles. The summed E-state index contributed by atoms with van der Waals surface area (Å²) in [5.74, 6) is 1.84. The Labute approximate surface area is 95.8 Å². The van der Waals surface area contributed by atoms with Gasteiger partial charge in [-0.15, -0.1) is 0 Å². The summed E-state index contributed by atoms with van der Waals surface area (Å²) in [7, 11) is 0. The molecule has 0 amide bonds. The van der Waals surface area contributed by atoms with Crippen LogP contribution in [0.1, 0.15) is 18.4 Å².